The standard InChI is InChI=1S/C18H21/c1-4-18(5-2,16-9-7-6-8-10-16)17-13-11-15(3)12-14-17/h6-14H,3-5H2,1-2H3. The Hall–Kier alpha value is -1.56. The first kappa shape index (κ1) is 12.9. The van der Waals surface area contributed by atoms with E-state index in [9.17, 15) is 0 Å². The topological polar surface area (TPSA) is 0 Å². The van der Waals surface area contributed by atoms with E-state index in [1.165, 1.54) is 11.1 Å². The predicted octanol–water partition coefficient (Wildman–Crippen LogP) is 4.97. The highest BCUT2D eigenvalue weighted by atomic mass is 14.3. The Labute approximate surface area is 111 Å². The number of hydrogen-bond donors (Lipinski definition) is 0. The van der Waals surface area contributed by atoms with E-state index in [1.54, 1.807) is 0 Å². The zero-order valence-electron chi connectivity index (χ0n) is 11.3. The summed E-state index contributed by atoms with van der Waals surface area (Å²) in [6.07, 6.45) is 2.23. The third-order valence-electron chi connectivity index (χ3n) is 4.04. The highest BCUT2D eigenvalue weighted by Crippen LogP contribution is 2.38. The minimum Gasteiger partial charge on any atom is -0.0642 e. The summed E-state index contributed by atoms with van der Waals surface area (Å²) in [4.78, 5) is 0. The molecule has 2 aromatic rings. The molecule has 2 aromatic carbocycles. The molecular formula is C18H21. The van der Waals surface area contributed by atoms with Gasteiger partial charge in [0, 0.05) is 5.41 Å². The summed E-state index contributed by atoms with van der Waals surface area (Å²) in [5.74, 6) is 0. The molecule has 0 amide bonds. The number of benzene rings is 2. The summed E-state index contributed by atoms with van der Waals surface area (Å²) >= 11 is 0. The van der Waals surface area contributed by atoms with Crippen molar-refractivity contribution >= 4 is 0 Å². The van der Waals surface area contributed by atoms with Crippen molar-refractivity contribution in [3.8, 4) is 0 Å². The van der Waals surface area contributed by atoms with Crippen molar-refractivity contribution in [3.63, 3.8) is 0 Å². The minimum atomic E-state index is 0.134. The summed E-state index contributed by atoms with van der Waals surface area (Å²) in [6.45, 7) is 8.51. The summed E-state index contributed by atoms with van der Waals surface area (Å²) in [5.41, 5.74) is 4.01. The van der Waals surface area contributed by atoms with Gasteiger partial charge in [0.1, 0.15) is 0 Å². The molecule has 2 rings (SSSR count). The van der Waals surface area contributed by atoms with Gasteiger partial charge in [0.15, 0.2) is 0 Å². The number of rotatable bonds is 4. The first-order valence-electron chi connectivity index (χ1n) is 6.71. The Balaban J connectivity index is 2.54. The zero-order valence-corrected chi connectivity index (χ0v) is 11.3. The van der Waals surface area contributed by atoms with Gasteiger partial charge in [0.25, 0.3) is 0 Å². The maximum Gasteiger partial charge on any atom is 0.0197 e. The smallest absolute Gasteiger partial charge is 0.0197 e. The molecule has 0 spiro atoms. The van der Waals surface area contributed by atoms with E-state index >= 15 is 0 Å². The zero-order chi connectivity index (χ0) is 13.0. The Kier molecular flexibility index (Phi) is 3.86. The maximum atomic E-state index is 3.97. The van der Waals surface area contributed by atoms with Crippen molar-refractivity contribution in [2.24, 2.45) is 0 Å². The molecule has 18 heavy (non-hydrogen) atoms. The lowest BCUT2D eigenvalue weighted by Crippen LogP contribution is -2.25. The Bertz CT molecular complexity index is 475. The van der Waals surface area contributed by atoms with Crippen molar-refractivity contribution in [1.29, 1.82) is 0 Å². The molecule has 0 fully saturated rings. The average Bonchev–Trinajstić information content (AvgIpc) is 2.44. The predicted molar refractivity (Wildman–Crippen MR) is 78.7 cm³/mol. The molecule has 0 N–H and O–H groups in total. The molecule has 0 aliphatic heterocycles. The van der Waals surface area contributed by atoms with Gasteiger partial charge in [0.2, 0.25) is 0 Å². The van der Waals surface area contributed by atoms with E-state index in [4.69, 9.17) is 0 Å². The van der Waals surface area contributed by atoms with Crippen LogP contribution in [0.25, 0.3) is 0 Å². The lowest BCUT2D eigenvalue weighted by Gasteiger charge is -2.33. The monoisotopic (exact) mass is 237 g/mol. The Morgan fingerprint density at radius 2 is 1.28 bits per heavy atom. The minimum absolute atomic E-state index is 0.134. The summed E-state index contributed by atoms with van der Waals surface area (Å²) < 4.78 is 0. The second-order valence-electron chi connectivity index (χ2n) is 4.85. The highest BCUT2D eigenvalue weighted by Gasteiger charge is 2.29. The molecule has 93 valence electrons. The van der Waals surface area contributed by atoms with Gasteiger partial charge in [-0.15, -0.1) is 0 Å². The third-order valence-corrected chi connectivity index (χ3v) is 4.04. The molecule has 0 aromatic heterocycles. The fraction of sp³-hybridized carbons (Fsp3) is 0.278. The number of hydrogen-bond acceptors (Lipinski definition) is 0. The quantitative estimate of drug-likeness (QED) is 0.704. The van der Waals surface area contributed by atoms with Gasteiger partial charge in [-0.3, -0.25) is 0 Å². The summed E-state index contributed by atoms with van der Waals surface area (Å²) in [6, 6.07) is 19.5. The summed E-state index contributed by atoms with van der Waals surface area (Å²) in [5, 5.41) is 0. The van der Waals surface area contributed by atoms with Crippen molar-refractivity contribution in [3.05, 3.63) is 78.2 Å². The Morgan fingerprint density at radius 3 is 1.78 bits per heavy atom. The van der Waals surface area contributed by atoms with Crippen molar-refractivity contribution < 1.29 is 0 Å². The van der Waals surface area contributed by atoms with Crippen LogP contribution in [-0.4, -0.2) is 0 Å². The average molecular weight is 237 g/mol. The van der Waals surface area contributed by atoms with Gasteiger partial charge in [-0.1, -0.05) is 68.4 Å². The molecule has 0 saturated carbocycles. The van der Waals surface area contributed by atoms with E-state index in [-0.39, 0.29) is 5.41 Å². The van der Waals surface area contributed by atoms with Crippen LogP contribution in [0.2, 0.25) is 0 Å². The summed E-state index contributed by atoms with van der Waals surface area (Å²) in [7, 11) is 0. The van der Waals surface area contributed by atoms with Gasteiger partial charge in [-0.05, 0) is 36.5 Å². The van der Waals surface area contributed by atoms with Gasteiger partial charge in [0.05, 0.1) is 0 Å². The molecule has 1 radical (unpaired) electrons. The van der Waals surface area contributed by atoms with Crippen LogP contribution in [0.15, 0.2) is 54.6 Å². The van der Waals surface area contributed by atoms with Crippen molar-refractivity contribution in [1.82, 2.24) is 0 Å². The fourth-order valence-electron chi connectivity index (χ4n) is 2.81. The maximum absolute atomic E-state index is 3.97. The van der Waals surface area contributed by atoms with E-state index in [2.05, 4.69) is 75.4 Å². The molecule has 0 heteroatoms. The van der Waals surface area contributed by atoms with Crippen LogP contribution < -0.4 is 0 Å². The van der Waals surface area contributed by atoms with E-state index < -0.39 is 0 Å². The molecule has 0 nitrogen and oxygen atoms in total. The second-order valence-corrected chi connectivity index (χ2v) is 4.85. The molecule has 0 heterocycles. The van der Waals surface area contributed by atoms with Crippen molar-refractivity contribution in [2.45, 2.75) is 32.1 Å². The van der Waals surface area contributed by atoms with Crippen LogP contribution in [0.3, 0.4) is 0 Å². The second kappa shape index (κ2) is 5.39. The first-order valence-corrected chi connectivity index (χ1v) is 6.71. The van der Waals surface area contributed by atoms with Gasteiger partial charge in [-0.25, -0.2) is 0 Å². The molecule has 0 aliphatic rings. The molecule has 0 bridgehead atoms. The van der Waals surface area contributed by atoms with Crippen molar-refractivity contribution in [2.75, 3.05) is 0 Å². The molecule has 0 aliphatic carbocycles. The van der Waals surface area contributed by atoms with Crippen LogP contribution in [0.4, 0.5) is 0 Å². The lowest BCUT2D eigenvalue weighted by molar-refractivity contribution is 0.478. The largest absolute Gasteiger partial charge is 0.0642 e. The fourth-order valence-corrected chi connectivity index (χ4v) is 2.81. The van der Waals surface area contributed by atoms with Gasteiger partial charge in [-0.2, -0.15) is 0 Å². The van der Waals surface area contributed by atoms with Gasteiger partial charge < -0.3 is 0 Å². The van der Waals surface area contributed by atoms with E-state index in [1.807, 2.05) is 0 Å². The van der Waals surface area contributed by atoms with E-state index in [0.29, 0.717) is 0 Å². The molecule has 0 saturated heterocycles. The lowest BCUT2D eigenvalue weighted by atomic mass is 9.70. The SMILES string of the molecule is [CH2]c1ccc(C(CC)(CC)c2ccccc2)cc1. The van der Waals surface area contributed by atoms with Crippen LogP contribution >= 0.6 is 0 Å². The third kappa shape index (κ3) is 2.20. The first-order chi connectivity index (χ1) is 8.73. The highest BCUT2D eigenvalue weighted by molar-refractivity contribution is 5.40. The van der Waals surface area contributed by atoms with E-state index in [0.717, 1.165) is 18.4 Å². The molecular weight excluding hydrogens is 216 g/mol. The molecule has 0 atom stereocenters. The van der Waals surface area contributed by atoms with Gasteiger partial charge >= 0.3 is 0 Å². The van der Waals surface area contributed by atoms with Crippen LogP contribution in [0.1, 0.15) is 43.4 Å². The van der Waals surface area contributed by atoms with Crippen LogP contribution in [-0.2, 0) is 5.41 Å². The van der Waals surface area contributed by atoms with Crippen LogP contribution in [0, 0.1) is 6.92 Å². The molecule has 0 unspecified atom stereocenters. The Morgan fingerprint density at radius 1 is 0.778 bits per heavy atom. The normalized spacial score (nSPS) is 11.5. The van der Waals surface area contributed by atoms with Crippen LogP contribution in [0.5, 0.6) is 0 Å².